The van der Waals surface area contributed by atoms with Gasteiger partial charge in [-0.05, 0) is 42.6 Å². The van der Waals surface area contributed by atoms with Crippen LogP contribution in [0, 0.1) is 0 Å². The number of anilines is 4. The fourth-order valence-corrected chi connectivity index (χ4v) is 3.34. The number of nitrogens with zero attached hydrogens (tertiary/aromatic N) is 2. The Labute approximate surface area is 136 Å². The molecule has 112 valence electrons. The molecule has 0 spiro atoms. The number of benzene rings is 1. The van der Waals surface area contributed by atoms with Crippen LogP contribution in [-0.4, -0.2) is 22.7 Å². The molecule has 0 unspecified atom stereocenters. The van der Waals surface area contributed by atoms with Crippen LogP contribution in [0.15, 0.2) is 18.2 Å². The van der Waals surface area contributed by atoms with Crippen molar-refractivity contribution in [2.75, 3.05) is 28.8 Å². The van der Waals surface area contributed by atoms with E-state index in [0.717, 1.165) is 31.7 Å². The third-order valence-electron chi connectivity index (χ3n) is 3.37. The standard InChI is InChI=1S/C13H14Cl2N4OS/c14-8-3-4-9(15)10(7-8)16-11-12(18-21-13(11)17-20)19-5-1-2-6-19/h3-4,7,16-17,20H,1-2,5-6H2. The molecule has 0 aliphatic carbocycles. The molecule has 2 aromatic rings. The van der Waals surface area contributed by atoms with E-state index in [2.05, 4.69) is 20.1 Å². The molecule has 1 aromatic heterocycles. The van der Waals surface area contributed by atoms with E-state index < -0.39 is 0 Å². The summed E-state index contributed by atoms with van der Waals surface area (Å²) in [5.41, 5.74) is 3.58. The minimum absolute atomic E-state index is 0.549. The topological polar surface area (TPSA) is 60.4 Å². The van der Waals surface area contributed by atoms with Crippen LogP contribution < -0.4 is 15.7 Å². The van der Waals surface area contributed by atoms with E-state index in [-0.39, 0.29) is 0 Å². The first-order chi connectivity index (χ1) is 10.2. The average Bonchev–Trinajstić information content (AvgIpc) is 3.11. The Kier molecular flexibility index (Phi) is 4.40. The van der Waals surface area contributed by atoms with E-state index in [4.69, 9.17) is 23.2 Å². The second-order valence-corrected chi connectivity index (χ2v) is 6.38. The minimum Gasteiger partial charge on any atom is -0.354 e. The molecule has 0 saturated carbocycles. The lowest BCUT2D eigenvalue weighted by atomic mass is 10.3. The van der Waals surface area contributed by atoms with E-state index >= 15 is 0 Å². The molecular weight excluding hydrogens is 331 g/mol. The van der Waals surface area contributed by atoms with Crippen molar-refractivity contribution in [3.05, 3.63) is 28.2 Å². The minimum atomic E-state index is 0.549. The van der Waals surface area contributed by atoms with Gasteiger partial charge in [0.1, 0.15) is 5.69 Å². The lowest BCUT2D eigenvalue weighted by molar-refractivity contribution is 0.391. The Bertz CT molecular complexity index is 643. The van der Waals surface area contributed by atoms with Crippen LogP contribution in [0.25, 0.3) is 0 Å². The van der Waals surface area contributed by atoms with Crippen LogP contribution in [0.4, 0.5) is 22.2 Å². The van der Waals surface area contributed by atoms with Crippen LogP contribution in [-0.2, 0) is 0 Å². The maximum atomic E-state index is 9.28. The second kappa shape index (κ2) is 6.27. The van der Waals surface area contributed by atoms with E-state index in [0.29, 0.717) is 26.4 Å². The molecule has 1 aliphatic rings. The van der Waals surface area contributed by atoms with Crippen LogP contribution in [0.1, 0.15) is 12.8 Å². The number of nitrogens with one attached hydrogen (secondary N) is 2. The fraction of sp³-hybridized carbons (Fsp3) is 0.308. The van der Waals surface area contributed by atoms with E-state index in [9.17, 15) is 5.21 Å². The Hall–Kier alpha value is -1.21. The summed E-state index contributed by atoms with van der Waals surface area (Å²) >= 11 is 13.4. The molecule has 21 heavy (non-hydrogen) atoms. The predicted octanol–water partition coefficient (Wildman–Crippen LogP) is 4.59. The summed E-state index contributed by atoms with van der Waals surface area (Å²) < 4.78 is 4.42. The van der Waals surface area contributed by atoms with Crippen LogP contribution in [0.5, 0.6) is 0 Å². The number of halogens is 2. The zero-order valence-electron chi connectivity index (χ0n) is 11.1. The third kappa shape index (κ3) is 3.03. The smallest absolute Gasteiger partial charge is 0.168 e. The summed E-state index contributed by atoms with van der Waals surface area (Å²) in [7, 11) is 0. The van der Waals surface area contributed by atoms with Crippen molar-refractivity contribution < 1.29 is 5.21 Å². The quantitative estimate of drug-likeness (QED) is 0.707. The predicted molar refractivity (Wildman–Crippen MR) is 88.7 cm³/mol. The number of aromatic nitrogens is 1. The molecule has 1 aliphatic heterocycles. The molecule has 1 fully saturated rings. The molecule has 1 saturated heterocycles. The number of hydrogen-bond acceptors (Lipinski definition) is 6. The first kappa shape index (κ1) is 14.7. The third-order valence-corrected chi connectivity index (χ3v) is 4.68. The largest absolute Gasteiger partial charge is 0.354 e. The maximum absolute atomic E-state index is 9.28. The highest BCUT2D eigenvalue weighted by Crippen LogP contribution is 2.41. The summed E-state index contributed by atoms with van der Waals surface area (Å²) in [6.45, 7) is 1.93. The van der Waals surface area contributed by atoms with Gasteiger partial charge in [0.05, 0.1) is 10.7 Å². The highest BCUT2D eigenvalue weighted by molar-refractivity contribution is 7.11. The van der Waals surface area contributed by atoms with E-state index in [1.807, 2.05) is 0 Å². The highest BCUT2D eigenvalue weighted by Gasteiger charge is 2.22. The Balaban J connectivity index is 1.96. The molecule has 5 nitrogen and oxygen atoms in total. The van der Waals surface area contributed by atoms with Crippen molar-refractivity contribution in [1.82, 2.24) is 4.37 Å². The second-order valence-electron chi connectivity index (χ2n) is 4.77. The fourth-order valence-electron chi connectivity index (χ4n) is 2.34. The van der Waals surface area contributed by atoms with Gasteiger partial charge in [0.2, 0.25) is 0 Å². The molecule has 0 amide bonds. The molecule has 8 heteroatoms. The van der Waals surface area contributed by atoms with Gasteiger partial charge < -0.3 is 10.2 Å². The van der Waals surface area contributed by atoms with Crippen LogP contribution in [0.2, 0.25) is 10.0 Å². The van der Waals surface area contributed by atoms with Crippen LogP contribution >= 0.6 is 34.7 Å². The van der Waals surface area contributed by atoms with Gasteiger partial charge in [-0.1, -0.05) is 23.2 Å². The van der Waals surface area contributed by atoms with Gasteiger partial charge in [0, 0.05) is 18.1 Å². The van der Waals surface area contributed by atoms with Gasteiger partial charge in [-0.25, -0.2) is 0 Å². The van der Waals surface area contributed by atoms with Crippen molar-refractivity contribution in [1.29, 1.82) is 0 Å². The molecule has 0 radical (unpaired) electrons. The molecule has 0 bridgehead atoms. The van der Waals surface area contributed by atoms with Crippen molar-refractivity contribution in [3.8, 4) is 0 Å². The van der Waals surface area contributed by atoms with Gasteiger partial charge in [-0.3, -0.25) is 10.7 Å². The van der Waals surface area contributed by atoms with Gasteiger partial charge in [-0.2, -0.15) is 4.37 Å². The Morgan fingerprint density at radius 1 is 1.24 bits per heavy atom. The molecular formula is C13H14Cl2N4OS. The van der Waals surface area contributed by atoms with Gasteiger partial charge >= 0.3 is 0 Å². The summed E-state index contributed by atoms with van der Waals surface area (Å²) in [6, 6.07) is 5.21. The molecule has 3 N–H and O–H groups in total. The molecule has 0 atom stereocenters. The normalized spacial score (nSPS) is 14.5. The first-order valence-electron chi connectivity index (χ1n) is 6.56. The van der Waals surface area contributed by atoms with Crippen molar-refractivity contribution >= 4 is 56.9 Å². The summed E-state index contributed by atoms with van der Waals surface area (Å²) in [5, 5.41) is 14.2. The first-order valence-corrected chi connectivity index (χ1v) is 8.09. The zero-order chi connectivity index (χ0) is 14.8. The average molecular weight is 345 g/mol. The van der Waals surface area contributed by atoms with Gasteiger partial charge in [0.25, 0.3) is 0 Å². The number of hydrogen-bond donors (Lipinski definition) is 3. The molecule has 2 heterocycles. The monoisotopic (exact) mass is 344 g/mol. The van der Waals surface area contributed by atoms with E-state index in [1.54, 1.807) is 18.2 Å². The zero-order valence-corrected chi connectivity index (χ0v) is 13.4. The lowest BCUT2D eigenvalue weighted by Crippen LogP contribution is -2.19. The SMILES string of the molecule is ONc1snc(N2CCCC2)c1Nc1cc(Cl)ccc1Cl. The number of rotatable bonds is 4. The molecule has 3 rings (SSSR count). The van der Waals surface area contributed by atoms with E-state index in [1.165, 1.54) is 11.5 Å². The summed E-state index contributed by atoms with van der Waals surface area (Å²) in [4.78, 5) is 2.19. The summed E-state index contributed by atoms with van der Waals surface area (Å²) in [6.07, 6.45) is 2.30. The van der Waals surface area contributed by atoms with Crippen molar-refractivity contribution in [2.45, 2.75) is 12.8 Å². The van der Waals surface area contributed by atoms with Gasteiger partial charge in [0.15, 0.2) is 10.8 Å². The molecule has 1 aromatic carbocycles. The van der Waals surface area contributed by atoms with Crippen molar-refractivity contribution in [3.63, 3.8) is 0 Å². The highest BCUT2D eigenvalue weighted by atomic mass is 35.5. The van der Waals surface area contributed by atoms with Crippen LogP contribution in [0.3, 0.4) is 0 Å². The van der Waals surface area contributed by atoms with Gasteiger partial charge in [-0.15, -0.1) is 0 Å². The summed E-state index contributed by atoms with van der Waals surface area (Å²) in [5.74, 6) is 0.824. The van der Waals surface area contributed by atoms with Crippen molar-refractivity contribution in [2.24, 2.45) is 0 Å². The Morgan fingerprint density at radius 2 is 2.00 bits per heavy atom. The Morgan fingerprint density at radius 3 is 2.71 bits per heavy atom. The maximum Gasteiger partial charge on any atom is 0.168 e. The lowest BCUT2D eigenvalue weighted by Gasteiger charge is -2.18.